The quantitative estimate of drug-likeness (QED) is 0.804. The molecule has 114 valence electrons. The molecule has 20 heavy (non-hydrogen) atoms. The zero-order chi connectivity index (χ0) is 14.4. The molecule has 1 aliphatic carbocycles. The lowest BCUT2D eigenvalue weighted by Gasteiger charge is -2.32. The van der Waals surface area contributed by atoms with Gasteiger partial charge >= 0.3 is 6.09 Å². The summed E-state index contributed by atoms with van der Waals surface area (Å²) in [4.78, 5) is 14.9. The van der Waals surface area contributed by atoms with E-state index in [1.165, 1.54) is 37.3 Å². The fourth-order valence-corrected chi connectivity index (χ4v) is 3.38. The van der Waals surface area contributed by atoms with E-state index in [-0.39, 0.29) is 6.04 Å². The number of amides is 1. The lowest BCUT2D eigenvalue weighted by atomic mass is 9.85. The Morgan fingerprint density at radius 1 is 1.20 bits per heavy atom. The Morgan fingerprint density at radius 3 is 2.45 bits per heavy atom. The number of carbonyl (C=O) groups is 1. The summed E-state index contributed by atoms with van der Waals surface area (Å²) in [5.74, 6) is 0.651. The first-order valence-corrected chi connectivity index (χ1v) is 8.01. The zero-order valence-electron chi connectivity index (χ0n) is 12.6. The number of nitrogens with zero attached hydrogens (tertiary/aromatic N) is 2. The van der Waals surface area contributed by atoms with E-state index in [4.69, 9.17) is 5.11 Å². The summed E-state index contributed by atoms with van der Waals surface area (Å²) in [5.41, 5.74) is 0. The molecule has 1 saturated carbocycles. The maximum Gasteiger partial charge on any atom is 0.407 e. The third-order valence-corrected chi connectivity index (χ3v) is 4.81. The molecular weight excluding hydrogens is 252 g/mol. The SMILES string of the molecule is CN(C(=O)O)C1CCC(C=CCN2CCCCC2)CC1. The molecule has 0 bridgehead atoms. The predicted octanol–water partition coefficient (Wildman–Crippen LogP) is 3.20. The summed E-state index contributed by atoms with van der Waals surface area (Å²) >= 11 is 0. The van der Waals surface area contributed by atoms with Gasteiger partial charge in [-0.15, -0.1) is 0 Å². The van der Waals surface area contributed by atoms with Crippen molar-refractivity contribution in [2.75, 3.05) is 26.7 Å². The topological polar surface area (TPSA) is 43.8 Å². The van der Waals surface area contributed by atoms with Crippen molar-refractivity contribution >= 4 is 6.09 Å². The number of piperidine rings is 1. The van der Waals surface area contributed by atoms with Crippen LogP contribution < -0.4 is 0 Å². The lowest BCUT2D eigenvalue weighted by molar-refractivity contribution is 0.122. The molecule has 2 fully saturated rings. The van der Waals surface area contributed by atoms with Gasteiger partial charge in [0, 0.05) is 19.6 Å². The third-order valence-electron chi connectivity index (χ3n) is 4.81. The molecule has 0 spiro atoms. The standard InChI is InChI=1S/C16H28N2O2/c1-17(16(19)20)15-9-7-14(8-10-15)6-5-13-18-11-3-2-4-12-18/h5-6,14-15H,2-4,7-13H2,1H3,(H,19,20). The monoisotopic (exact) mass is 280 g/mol. The number of hydrogen-bond donors (Lipinski definition) is 1. The molecular formula is C16H28N2O2. The van der Waals surface area contributed by atoms with Crippen molar-refractivity contribution < 1.29 is 9.90 Å². The second-order valence-electron chi connectivity index (χ2n) is 6.25. The Bertz CT molecular complexity index is 329. The molecule has 1 aliphatic heterocycles. The highest BCUT2D eigenvalue weighted by atomic mass is 16.4. The van der Waals surface area contributed by atoms with Crippen molar-refractivity contribution in [2.24, 2.45) is 5.92 Å². The Morgan fingerprint density at radius 2 is 1.85 bits per heavy atom. The molecule has 2 rings (SSSR count). The van der Waals surface area contributed by atoms with Crippen molar-refractivity contribution in [1.29, 1.82) is 0 Å². The van der Waals surface area contributed by atoms with Crippen molar-refractivity contribution in [2.45, 2.75) is 51.0 Å². The van der Waals surface area contributed by atoms with Gasteiger partial charge in [-0.3, -0.25) is 4.90 Å². The Kier molecular flexibility index (Phi) is 5.89. The van der Waals surface area contributed by atoms with Gasteiger partial charge in [0.25, 0.3) is 0 Å². The number of carboxylic acid groups (broad SMARTS) is 1. The summed E-state index contributed by atoms with van der Waals surface area (Å²) in [6, 6.07) is 0.222. The van der Waals surface area contributed by atoms with E-state index in [1.807, 2.05) is 0 Å². The van der Waals surface area contributed by atoms with Crippen LogP contribution in [0.2, 0.25) is 0 Å². The number of allylic oxidation sites excluding steroid dienone is 1. The Hall–Kier alpha value is -1.03. The molecule has 0 aromatic rings. The van der Waals surface area contributed by atoms with E-state index in [0.29, 0.717) is 5.92 Å². The fraction of sp³-hybridized carbons (Fsp3) is 0.812. The minimum atomic E-state index is -0.797. The Balaban J connectivity index is 1.67. The van der Waals surface area contributed by atoms with Gasteiger partial charge in [-0.2, -0.15) is 0 Å². The maximum absolute atomic E-state index is 10.9. The van der Waals surface area contributed by atoms with Crippen LogP contribution in [0.1, 0.15) is 44.9 Å². The molecule has 1 heterocycles. The largest absolute Gasteiger partial charge is 0.465 e. The van der Waals surface area contributed by atoms with Crippen LogP contribution in [0.3, 0.4) is 0 Å². The van der Waals surface area contributed by atoms with E-state index in [0.717, 1.165) is 32.2 Å². The van der Waals surface area contributed by atoms with E-state index in [9.17, 15) is 4.79 Å². The Labute approximate surface area is 122 Å². The summed E-state index contributed by atoms with van der Waals surface area (Å²) in [6.45, 7) is 3.59. The van der Waals surface area contributed by atoms with Gasteiger partial charge in [0.2, 0.25) is 0 Å². The van der Waals surface area contributed by atoms with Gasteiger partial charge in [-0.1, -0.05) is 18.6 Å². The minimum absolute atomic E-state index is 0.222. The molecule has 2 aliphatic rings. The molecule has 0 unspecified atom stereocenters. The van der Waals surface area contributed by atoms with Crippen LogP contribution in [0.25, 0.3) is 0 Å². The van der Waals surface area contributed by atoms with Crippen LogP contribution in [0.4, 0.5) is 4.79 Å². The normalized spacial score (nSPS) is 28.6. The molecule has 0 radical (unpaired) electrons. The molecule has 1 amide bonds. The fourth-order valence-electron chi connectivity index (χ4n) is 3.38. The van der Waals surface area contributed by atoms with Crippen LogP contribution >= 0.6 is 0 Å². The van der Waals surface area contributed by atoms with Crippen LogP contribution in [-0.2, 0) is 0 Å². The van der Waals surface area contributed by atoms with E-state index in [2.05, 4.69) is 17.1 Å². The van der Waals surface area contributed by atoms with Gasteiger partial charge in [0.1, 0.15) is 0 Å². The van der Waals surface area contributed by atoms with Crippen LogP contribution in [0.5, 0.6) is 0 Å². The first-order chi connectivity index (χ1) is 9.66. The average Bonchev–Trinajstić information content (AvgIpc) is 2.48. The number of rotatable bonds is 4. The summed E-state index contributed by atoms with van der Waals surface area (Å²) in [5, 5.41) is 8.99. The maximum atomic E-state index is 10.9. The zero-order valence-corrected chi connectivity index (χ0v) is 12.6. The highest BCUT2D eigenvalue weighted by Gasteiger charge is 2.25. The predicted molar refractivity (Wildman–Crippen MR) is 81.0 cm³/mol. The van der Waals surface area contributed by atoms with Gasteiger partial charge in [-0.25, -0.2) is 4.79 Å². The van der Waals surface area contributed by atoms with E-state index >= 15 is 0 Å². The molecule has 0 aromatic heterocycles. The van der Waals surface area contributed by atoms with Gasteiger partial charge in [0.05, 0.1) is 0 Å². The van der Waals surface area contributed by atoms with Crippen molar-refractivity contribution in [1.82, 2.24) is 9.80 Å². The smallest absolute Gasteiger partial charge is 0.407 e. The third kappa shape index (κ3) is 4.51. The first kappa shape index (κ1) is 15.4. The van der Waals surface area contributed by atoms with Crippen LogP contribution in [-0.4, -0.2) is 53.7 Å². The van der Waals surface area contributed by atoms with Crippen molar-refractivity contribution in [3.8, 4) is 0 Å². The minimum Gasteiger partial charge on any atom is -0.465 e. The van der Waals surface area contributed by atoms with Crippen LogP contribution in [0, 0.1) is 5.92 Å². The van der Waals surface area contributed by atoms with E-state index in [1.54, 1.807) is 7.05 Å². The molecule has 0 atom stereocenters. The molecule has 1 saturated heterocycles. The van der Waals surface area contributed by atoms with Crippen molar-refractivity contribution in [3.05, 3.63) is 12.2 Å². The summed E-state index contributed by atoms with van der Waals surface area (Å²) in [7, 11) is 1.69. The summed E-state index contributed by atoms with van der Waals surface area (Å²) in [6.07, 6.45) is 12.2. The van der Waals surface area contributed by atoms with Gasteiger partial charge in [0.15, 0.2) is 0 Å². The first-order valence-electron chi connectivity index (χ1n) is 8.01. The summed E-state index contributed by atoms with van der Waals surface area (Å²) < 4.78 is 0. The van der Waals surface area contributed by atoms with Gasteiger partial charge in [-0.05, 0) is 57.5 Å². The van der Waals surface area contributed by atoms with E-state index < -0.39 is 6.09 Å². The highest BCUT2D eigenvalue weighted by Crippen LogP contribution is 2.28. The number of hydrogen-bond acceptors (Lipinski definition) is 2. The van der Waals surface area contributed by atoms with Crippen LogP contribution in [0.15, 0.2) is 12.2 Å². The molecule has 4 heteroatoms. The average molecular weight is 280 g/mol. The van der Waals surface area contributed by atoms with Gasteiger partial charge < -0.3 is 10.0 Å². The molecule has 1 N–H and O–H groups in total. The molecule has 0 aromatic carbocycles. The second-order valence-corrected chi connectivity index (χ2v) is 6.25. The second kappa shape index (κ2) is 7.67. The lowest BCUT2D eigenvalue weighted by Crippen LogP contribution is -2.38. The highest BCUT2D eigenvalue weighted by molar-refractivity contribution is 5.64. The molecule has 4 nitrogen and oxygen atoms in total. The van der Waals surface area contributed by atoms with Crippen molar-refractivity contribution in [3.63, 3.8) is 0 Å². The number of likely N-dealkylation sites (tertiary alicyclic amines) is 1.